The second-order valence-electron chi connectivity index (χ2n) is 5.75. The molecule has 2 aromatic carbocycles. The molecule has 0 spiro atoms. The van der Waals surface area contributed by atoms with Crippen LogP contribution in [0, 0.1) is 0 Å². The summed E-state index contributed by atoms with van der Waals surface area (Å²) >= 11 is 0. The highest BCUT2D eigenvalue weighted by Crippen LogP contribution is 2.32. The van der Waals surface area contributed by atoms with Gasteiger partial charge in [0.2, 0.25) is 5.91 Å². The first-order valence-corrected chi connectivity index (χ1v) is 7.98. The molecule has 2 aromatic rings. The Balaban J connectivity index is 0.00000192. The Bertz CT molecular complexity index is 658. The van der Waals surface area contributed by atoms with Gasteiger partial charge in [-0.05, 0) is 54.6 Å². The van der Waals surface area contributed by atoms with E-state index in [4.69, 9.17) is 5.73 Å². The Morgan fingerprint density at radius 3 is 2.57 bits per heavy atom. The highest BCUT2D eigenvalue weighted by molar-refractivity contribution is 5.95. The number of fused-ring (bicyclic) bond motifs is 1. The fourth-order valence-electron chi connectivity index (χ4n) is 3.03. The van der Waals surface area contributed by atoms with Gasteiger partial charge in [-0.2, -0.15) is 0 Å². The zero-order chi connectivity index (χ0) is 15.4. The molecule has 0 fully saturated rings. The summed E-state index contributed by atoms with van der Waals surface area (Å²) in [4.78, 5) is 14.3. The van der Waals surface area contributed by atoms with E-state index in [1.807, 2.05) is 11.0 Å². The molecule has 3 nitrogen and oxygen atoms in total. The van der Waals surface area contributed by atoms with Gasteiger partial charge in [-0.3, -0.25) is 4.79 Å². The number of rotatable bonds is 5. The minimum atomic E-state index is 0. The molecule has 0 radical (unpaired) electrons. The lowest BCUT2D eigenvalue weighted by atomic mass is 10.0. The van der Waals surface area contributed by atoms with E-state index in [0.29, 0.717) is 13.0 Å². The van der Waals surface area contributed by atoms with Gasteiger partial charge in [-0.15, -0.1) is 12.4 Å². The van der Waals surface area contributed by atoms with E-state index in [2.05, 4.69) is 42.5 Å². The fourth-order valence-corrected chi connectivity index (χ4v) is 3.03. The zero-order valence-electron chi connectivity index (χ0n) is 13.2. The molecule has 0 atom stereocenters. The van der Waals surface area contributed by atoms with Crippen LogP contribution in [0.5, 0.6) is 0 Å². The quantitative estimate of drug-likeness (QED) is 0.848. The van der Waals surface area contributed by atoms with Crippen molar-refractivity contribution >= 4 is 24.0 Å². The predicted molar refractivity (Wildman–Crippen MR) is 98.1 cm³/mol. The Morgan fingerprint density at radius 2 is 1.83 bits per heavy atom. The number of nitrogens with zero attached hydrogens (tertiary/aromatic N) is 1. The number of unbranched alkanes of at least 4 members (excludes halogenated alkanes) is 1. The average molecular weight is 331 g/mol. The number of carbonyl (C=O) groups excluding carboxylic acids is 1. The highest BCUT2D eigenvalue weighted by atomic mass is 35.5. The molecule has 0 unspecified atom stereocenters. The van der Waals surface area contributed by atoms with Crippen LogP contribution < -0.4 is 10.6 Å². The van der Waals surface area contributed by atoms with Crippen LogP contribution in [0.25, 0.3) is 11.1 Å². The molecule has 0 saturated heterocycles. The Morgan fingerprint density at radius 1 is 1.04 bits per heavy atom. The van der Waals surface area contributed by atoms with Crippen molar-refractivity contribution in [2.75, 3.05) is 18.0 Å². The number of benzene rings is 2. The normalized spacial score (nSPS) is 12.7. The number of halogens is 1. The van der Waals surface area contributed by atoms with E-state index < -0.39 is 0 Å². The van der Waals surface area contributed by atoms with Crippen molar-refractivity contribution in [3.8, 4) is 11.1 Å². The summed E-state index contributed by atoms with van der Waals surface area (Å²) in [6.07, 6.45) is 3.33. The van der Waals surface area contributed by atoms with E-state index in [-0.39, 0.29) is 18.3 Å². The Labute approximate surface area is 143 Å². The first-order valence-electron chi connectivity index (χ1n) is 7.98. The van der Waals surface area contributed by atoms with Gasteiger partial charge in [0.1, 0.15) is 0 Å². The lowest BCUT2D eigenvalue weighted by molar-refractivity contribution is -0.118. The highest BCUT2D eigenvalue weighted by Gasteiger charge is 2.24. The molecule has 1 aliphatic heterocycles. The van der Waals surface area contributed by atoms with E-state index in [9.17, 15) is 4.79 Å². The van der Waals surface area contributed by atoms with Crippen molar-refractivity contribution in [2.24, 2.45) is 5.73 Å². The Hall–Kier alpha value is -1.84. The van der Waals surface area contributed by atoms with E-state index in [1.54, 1.807) is 0 Å². The van der Waals surface area contributed by atoms with Crippen molar-refractivity contribution in [1.29, 1.82) is 0 Å². The maximum absolute atomic E-state index is 12.3. The molecule has 2 N–H and O–H groups in total. The molecule has 1 heterocycles. The summed E-state index contributed by atoms with van der Waals surface area (Å²) in [5.74, 6) is 0.222. The van der Waals surface area contributed by atoms with Crippen molar-refractivity contribution in [3.05, 3.63) is 54.1 Å². The topological polar surface area (TPSA) is 46.3 Å². The van der Waals surface area contributed by atoms with Gasteiger partial charge in [-0.1, -0.05) is 36.4 Å². The fraction of sp³-hybridized carbons (Fsp3) is 0.316. The summed E-state index contributed by atoms with van der Waals surface area (Å²) in [7, 11) is 0. The summed E-state index contributed by atoms with van der Waals surface area (Å²) in [5.41, 5.74) is 10.3. The number of hydrogen-bond acceptors (Lipinski definition) is 2. The molecule has 0 bridgehead atoms. The molecule has 0 saturated carbocycles. The number of nitrogens with two attached hydrogens (primary N) is 1. The van der Waals surface area contributed by atoms with Crippen LogP contribution in [0.3, 0.4) is 0 Å². The molecular formula is C19H23ClN2O. The van der Waals surface area contributed by atoms with E-state index in [0.717, 1.165) is 31.5 Å². The second-order valence-corrected chi connectivity index (χ2v) is 5.75. The lowest BCUT2D eigenvalue weighted by Crippen LogP contribution is -2.28. The van der Waals surface area contributed by atoms with Crippen molar-refractivity contribution in [2.45, 2.75) is 25.7 Å². The first-order chi connectivity index (χ1) is 10.8. The van der Waals surface area contributed by atoms with Gasteiger partial charge in [0.05, 0.1) is 0 Å². The SMILES string of the molecule is Cl.NCCCCC(=O)N1CCc2cc(-c3ccccc3)ccc21. The number of anilines is 1. The van der Waals surface area contributed by atoms with Crippen molar-refractivity contribution in [3.63, 3.8) is 0 Å². The van der Waals surface area contributed by atoms with Gasteiger partial charge in [0.15, 0.2) is 0 Å². The minimum absolute atomic E-state index is 0. The number of amides is 1. The summed E-state index contributed by atoms with van der Waals surface area (Å²) in [6.45, 7) is 1.46. The third kappa shape index (κ3) is 3.92. The van der Waals surface area contributed by atoms with Gasteiger partial charge >= 0.3 is 0 Å². The van der Waals surface area contributed by atoms with Crippen LogP contribution in [-0.4, -0.2) is 19.0 Å². The molecule has 1 amide bonds. The lowest BCUT2D eigenvalue weighted by Gasteiger charge is -2.17. The third-order valence-electron chi connectivity index (χ3n) is 4.23. The standard InChI is InChI=1S/C19H22N2O.ClH/c20-12-5-4-8-19(22)21-13-11-17-14-16(9-10-18(17)21)15-6-2-1-3-7-15;/h1-3,6-7,9-10,14H,4-5,8,11-13,20H2;1H. The summed E-state index contributed by atoms with van der Waals surface area (Å²) in [6, 6.07) is 16.8. The molecule has 0 aromatic heterocycles. The molecule has 23 heavy (non-hydrogen) atoms. The van der Waals surface area contributed by atoms with E-state index >= 15 is 0 Å². The molecular weight excluding hydrogens is 308 g/mol. The zero-order valence-corrected chi connectivity index (χ0v) is 14.0. The van der Waals surface area contributed by atoms with E-state index in [1.165, 1.54) is 16.7 Å². The first kappa shape index (κ1) is 17.5. The minimum Gasteiger partial charge on any atom is -0.330 e. The van der Waals surface area contributed by atoms with Crippen LogP contribution in [-0.2, 0) is 11.2 Å². The molecule has 1 aliphatic rings. The van der Waals surface area contributed by atoms with Gasteiger partial charge in [0.25, 0.3) is 0 Å². The van der Waals surface area contributed by atoms with Gasteiger partial charge in [-0.25, -0.2) is 0 Å². The van der Waals surface area contributed by atoms with Crippen LogP contribution in [0.1, 0.15) is 24.8 Å². The molecule has 3 rings (SSSR count). The van der Waals surface area contributed by atoms with Crippen LogP contribution in [0.15, 0.2) is 48.5 Å². The van der Waals surface area contributed by atoms with Crippen LogP contribution in [0.4, 0.5) is 5.69 Å². The monoisotopic (exact) mass is 330 g/mol. The maximum atomic E-state index is 12.3. The van der Waals surface area contributed by atoms with Crippen LogP contribution in [0.2, 0.25) is 0 Å². The predicted octanol–water partition coefficient (Wildman–Crippen LogP) is 3.79. The van der Waals surface area contributed by atoms with Gasteiger partial charge < -0.3 is 10.6 Å². The third-order valence-corrected chi connectivity index (χ3v) is 4.23. The average Bonchev–Trinajstić information content (AvgIpc) is 2.99. The smallest absolute Gasteiger partial charge is 0.226 e. The molecule has 0 aliphatic carbocycles. The largest absolute Gasteiger partial charge is 0.330 e. The molecule has 4 heteroatoms. The molecule has 122 valence electrons. The summed E-state index contributed by atoms with van der Waals surface area (Å²) in [5, 5.41) is 0. The van der Waals surface area contributed by atoms with Crippen molar-refractivity contribution in [1.82, 2.24) is 0 Å². The van der Waals surface area contributed by atoms with Crippen molar-refractivity contribution < 1.29 is 4.79 Å². The second kappa shape index (κ2) is 8.14. The Kier molecular flexibility index (Phi) is 6.20. The van der Waals surface area contributed by atoms with Gasteiger partial charge in [0, 0.05) is 18.7 Å². The van der Waals surface area contributed by atoms with Crippen LogP contribution >= 0.6 is 12.4 Å². The summed E-state index contributed by atoms with van der Waals surface area (Å²) < 4.78 is 0. The number of hydrogen-bond donors (Lipinski definition) is 1. The number of carbonyl (C=O) groups is 1. The maximum Gasteiger partial charge on any atom is 0.226 e.